The molecule has 1 aliphatic heterocycles. The van der Waals surface area contributed by atoms with Crippen molar-refractivity contribution in [3.8, 4) is 0 Å². The molecule has 4 heterocycles. The summed E-state index contributed by atoms with van der Waals surface area (Å²) in [6.07, 6.45) is 8.38. The maximum Gasteiger partial charge on any atom is 0.266 e. The van der Waals surface area contributed by atoms with E-state index in [4.69, 9.17) is 0 Å². The van der Waals surface area contributed by atoms with Gasteiger partial charge in [-0.15, -0.1) is 11.3 Å². The third kappa shape index (κ3) is 2.27. The average Bonchev–Trinajstić information content (AvgIpc) is 3.24. The fourth-order valence-electron chi connectivity index (χ4n) is 2.96. The Morgan fingerprint density at radius 1 is 1.32 bits per heavy atom. The van der Waals surface area contributed by atoms with Crippen LogP contribution >= 0.6 is 11.3 Å². The number of rotatable bonds is 2. The molecule has 0 radical (unpaired) electrons. The van der Waals surface area contributed by atoms with Crippen molar-refractivity contribution in [1.29, 1.82) is 0 Å². The Morgan fingerprint density at radius 2 is 2.27 bits per heavy atom. The topological polar surface area (TPSA) is 63.4 Å². The summed E-state index contributed by atoms with van der Waals surface area (Å²) in [5.41, 5.74) is 3.45. The second kappa shape index (κ2) is 5.49. The molecule has 0 saturated carbocycles. The normalized spacial score (nSPS) is 18.7. The first-order valence-corrected chi connectivity index (χ1v) is 8.20. The molecule has 7 heteroatoms. The van der Waals surface area contributed by atoms with Crippen LogP contribution in [0.5, 0.6) is 0 Å². The minimum absolute atomic E-state index is 0.0308. The summed E-state index contributed by atoms with van der Waals surface area (Å²) in [6.45, 7) is 0.771. The molecule has 0 bridgehead atoms. The highest BCUT2D eigenvalue weighted by Gasteiger charge is 2.30. The minimum Gasteiger partial charge on any atom is -0.329 e. The zero-order valence-corrected chi connectivity index (χ0v) is 12.7. The molecule has 4 rings (SSSR count). The van der Waals surface area contributed by atoms with Gasteiger partial charge in [0.05, 0.1) is 29.6 Å². The molecular formula is C15H15N5OS. The Morgan fingerprint density at radius 3 is 3.14 bits per heavy atom. The van der Waals surface area contributed by atoms with Gasteiger partial charge in [0.1, 0.15) is 4.88 Å². The van der Waals surface area contributed by atoms with Crippen LogP contribution in [0.15, 0.2) is 36.2 Å². The van der Waals surface area contributed by atoms with Gasteiger partial charge in [-0.25, -0.2) is 9.50 Å². The highest BCUT2D eigenvalue weighted by Crippen LogP contribution is 2.31. The Labute approximate surface area is 131 Å². The van der Waals surface area contributed by atoms with Crippen LogP contribution in [-0.2, 0) is 0 Å². The van der Waals surface area contributed by atoms with E-state index in [2.05, 4.69) is 15.1 Å². The summed E-state index contributed by atoms with van der Waals surface area (Å²) < 4.78 is 1.74. The average molecular weight is 313 g/mol. The molecule has 1 amide bonds. The third-order valence-corrected chi connectivity index (χ3v) is 4.79. The van der Waals surface area contributed by atoms with E-state index in [0.717, 1.165) is 37.1 Å². The summed E-state index contributed by atoms with van der Waals surface area (Å²) in [5.74, 6) is 0.0578. The molecule has 1 fully saturated rings. The maximum absolute atomic E-state index is 12.7. The lowest BCUT2D eigenvalue weighted by Gasteiger charge is -2.35. The van der Waals surface area contributed by atoms with Gasteiger partial charge in [-0.05, 0) is 25.3 Å². The quantitative estimate of drug-likeness (QED) is 0.729. The lowest BCUT2D eigenvalue weighted by atomic mass is 9.99. The molecule has 112 valence electrons. The van der Waals surface area contributed by atoms with E-state index in [1.165, 1.54) is 11.3 Å². The number of nitrogens with zero attached hydrogens (tertiary/aromatic N) is 5. The van der Waals surface area contributed by atoms with Gasteiger partial charge in [0.15, 0.2) is 5.65 Å². The molecule has 0 spiro atoms. The highest BCUT2D eigenvalue weighted by atomic mass is 32.1. The van der Waals surface area contributed by atoms with Crippen molar-refractivity contribution >= 4 is 22.9 Å². The number of fused-ring (bicyclic) bond motifs is 1. The van der Waals surface area contributed by atoms with Crippen molar-refractivity contribution in [3.63, 3.8) is 0 Å². The van der Waals surface area contributed by atoms with E-state index in [1.54, 1.807) is 22.4 Å². The Balaban J connectivity index is 1.69. The summed E-state index contributed by atoms with van der Waals surface area (Å²) in [7, 11) is 0. The molecule has 1 atom stereocenters. The van der Waals surface area contributed by atoms with Crippen LogP contribution < -0.4 is 0 Å². The van der Waals surface area contributed by atoms with E-state index >= 15 is 0 Å². The van der Waals surface area contributed by atoms with Crippen LogP contribution in [0.4, 0.5) is 0 Å². The fourth-order valence-corrected chi connectivity index (χ4v) is 3.53. The first-order chi connectivity index (χ1) is 10.8. The molecule has 3 aromatic heterocycles. The number of carbonyl (C=O) groups excluding carboxylic acids is 1. The van der Waals surface area contributed by atoms with Crippen LogP contribution in [0, 0.1) is 0 Å². The van der Waals surface area contributed by atoms with Crippen LogP contribution in [-0.4, -0.2) is 36.9 Å². The van der Waals surface area contributed by atoms with E-state index in [-0.39, 0.29) is 11.9 Å². The molecule has 1 aliphatic rings. The number of hydrogen-bond donors (Lipinski definition) is 0. The SMILES string of the molecule is O=C(c1cncs1)N1CCCCC1c1ccn2nccc2n1. The van der Waals surface area contributed by atoms with Crippen molar-refractivity contribution in [2.75, 3.05) is 6.54 Å². The van der Waals surface area contributed by atoms with Crippen molar-refractivity contribution in [2.45, 2.75) is 25.3 Å². The lowest BCUT2D eigenvalue weighted by Crippen LogP contribution is -2.38. The number of likely N-dealkylation sites (tertiary alicyclic amines) is 1. The highest BCUT2D eigenvalue weighted by molar-refractivity contribution is 7.11. The van der Waals surface area contributed by atoms with Gasteiger partial charge in [0.2, 0.25) is 0 Å². The largest absolute Gasteiger partial charge is 0.329 e. The van der Waals surface area contributed by atoms with Gasteiger partial charge in [0.25, 0.3) is 5.91 Å². The van der Waals surface area contributed by atoms with Crippen LogP contribution in [0.1, 0.15) is 40.7 Å². The third-order valence-electron chi connectivity index (χ3n) is 4.03. The molecule has 0 aliphatic carbocycles. The molecule has 22 heavy (non-hydrogen) atoms. The van der Waals surface area contributed by atoms with Gasteiger partial charge >= 0.3 is 0 Å². The molecule has 6 nitrogen and oxygen atoms in total. The Hall–Kier alpha value is -2.28. The van der Waals surface area contributed by atoms with Crippen molar-refractivity contribution in [3.05, 3.63) is 46.8 Å². The van der Waals surface area contributed by atoms with Crippen molar-refractivity contribution in [2.24, 2.45) is 0 Å². The molecule has 3 aromatic rings. The molecular weight excluding hydrogens is 298 g/mol. The predicted molar refractivity (Wildman–Crippen MR) is 82.7 cm³/mol. The van der Waals surface area contributed by atoms with E-state index in [9.17, 15) is 4.79 Å². The number of carbonyl (C=O) groups is 1. The zero-order chi connectivity index (χ0) is 14.9. The fraction of sp³-hybridized carbons (Fsp3) is 0.333. The number of amides is 1. The Kier molecular flexibility index (Phi) is 3.34. The number of thiazole rings is 1. The summed E-state index contributed by atoms with van der Waals surface area (Å²) in [6, 6.07) is 3.87. The zero-order valence-electron chi connectivity index (χ0n) is 11.9. The second-order valence-electron chi connectivity index (χ2n) is 5.36. The van der Waals surface area contributed by atoms with Crippen LogP contribution in [0.3, 0.4) is 0 Å². The summed E-state index contributed by atoms with van der Waals surface area (Å²) >= 11 is 1.39. The summed E-state index contributed by atoms with van der Waals surface area (Å²) in [5, 5.41) is 4.17. The van der Waals surface area contributed by atoms with Gasteiger partial charge < -0.3 is 4.90 Å². The maximum atomic E-state index is 12.7. The smallest absolute Gasteiger partial charge is 0.266 e. The molecule has 0 aromatic carbocycles. The summed E-state index contributed by atoms with van der Waals surface area (Å²) in [4.78, 5) is 24.0. The van der Waals surface area contributed by atoms with Crippen molar-refractivity contribution < 1.29 is 4.79 Å². The lowest BCUT2D eigenvalue weighted by molar-refractivity contribution is 0.0611. The number of piperidine rings is 1. The predicted octanol–water partition coefficient (Wildman–Crippen LogP) is 2.55. The monoisotopic (exact) mass is 313 g/mol. The molecule has 1 unspecified atom stereocenters. The first-order valence-electron chi connectivity index (χ1n) is 7.33. The minimum atomic E-state index is 0.0308. The number of aromatic nitrogens is 4. The van der Waals surface area contributed by atoms with E-state index in [1.807, 2.05) is 23.2 Å². The number of hydrogen-bond acceptors (Lipinski definition) is 5. The molecule has 0 N–H and O–H groups in total. The van der Waals surface area contributed by atoms with Gasteiger partial charge in [-0.2, -0.15) is 5.10 Å². The molecule has 1 saturated heterocycles. The van der Waals surface area contributed by atoms with Crippen LogP contribution in [0.25, 0.3) is 5.65 Å². The van der Waals surface area contributed by atoms with Gasteiger partial charge in [-0.3, -0.25) is 9.78 Å². The van der Waals surface area contributed by atoms with Crippen molar-refractivity contribution in [1.82, 2.24) is 24.5 Å². The standard InChI is InChI=1S/C15H15N5OS/c21-15(13-9-16-10-22-13)19-7-2-1-3-12(19)11-5-8-20-14(18-11)4-6-17-20/h4-6,8-10,12H,1-3,7H2. The first kappa shape index (κ1) is 13.4. The second-order valence-corrected chi connectivity index (χ2v) is 6.25. The van der Waals surface area contributed by atoms with Gasteiger partial charge in [0, 0.05) is 18.8 Å². The van der Waals surface area contributed by atoms with Gasteiger partial charge in [-0.1, -0.05) is 0 Å². The van der Waals surface area contributed by atoms with Crippen LogP contribution in [0.2, 0.25) is 0 Å². The van der Waals surface area contributed by atoms with E-state index in [0.29, 0.717) is 4.88 Å². The Bertz CT molecular complexity index is 797. The van der Waals surface area contributed by atoms with E-state index < -0.39 is 0 Å².